The number of hydrogen-bond donors (Lipinski definition) is 4. The van der Waals surface area contributed by atoms with Gasteiger partial charge in [0.25, 0.3) is 5.91 Å². The van der Waals surface area contributed by atoms with Crippen LogP contribution in [-0.4, -0.2) is 58.6 Å². The van der Waals surface area contributed by atoms with Crippen LogP contribution in [0.25, 0.3) is 11.0 Å². The number of nitrogens with two attached hydrogens (primary N) is 2. The minimum absolute atomic E-state index is 0.0567. The number of carbonyl (C=O) groups excluding carboxylic acids is 1. The molecular weight excluding hydrogens is 407 g/mol. The Morgan fingerprint density at radius 3 is 2.68 bits per heavy atom. The quantitative estimate of drug-likeness (QED) is 0.389. The summed E-state index contributed by atoms with van der Waals surface area (Å²) >= 11 is 0. The largest absolute Gasteiger partial charge is 0.479 e. The standard InChI is InChI=1S/C19H25FN8O3/c1-9(21)14(8-30-3)25-17-13(20)6-11(15(22)29)16(26-17)24-10-5-12-18(23-7-10)28(2)27-19(12)31-4/h5-7,9,14H,8,21H2,1-4H3,(H2,22,29)(H2,24,25,26)/t9-,14+/m0/s1. The van der Waals surface area contributed by atoms with E-state index < -0.39 is 17.8 Å². The number of aryl methyl sites for hydroxylation is 1. The molecule has 3 aromatic heterocycles. The second-order valence-electron chi connectivity index (χ2n) is 7.00. The first kappa shape index (κ1) is 22.2. The Hall–Kier alpha value is -3.51. The molecule has 12 heteroatoms. The summed E-state index contributed by atoms with van der Waals surface area (Å²) in [5, 5.41) is 10.8. The van der Waals surface area contributed by atoms with Gasteiger partial charge in [-0.25, -0.2) is 19.0 Å². The number of pyridine rings is 2. The van der Waals surface area contributed by atoms with Crippen LogP contribution in [0.4, 0.5) is 21.7 Å². The van der Waals surface area contributed by atoms with Gasteiger partial charge in [-0.1, -0.05) is 0 Å². The molecule has 166 valence electrons. The highest BCUT2D eigenvalue weighted by Gasteiger charge is 2.21. The van der Waals surface area contributed by atoms with Gasteiger partial charge in [-0.3, -0.25) is 4.79 Å². The lowest BCUT2D eigenvalue weighted by Gasteiger charge is -2.23. The number of primary amides is 1. The monoisotopic (exact) mass is 432 g/mol. The molecule has 1 amide bonds. The van der Waals surface area contributed by atoms with Crippen LogP contribution >= 0.6 is 0 Å². The lowest BCUT2D eigenvalue weighted by molar-refractivity contribution is 0.100. The van der Waals surface area contributed by atoms with E-state index in [-0.39, 0.29) is 29.8 Å². The van der Waals surface area contributed by atoms with Crippen LogP contribution in [0.1, 0.15) is 17.3 Å². The van der Waals surface area contributed by atoms with Crippen molar-refractivity contribution in [2.75, 3.05) is 31.5 Å². The molecule has 31 heavy (non-hydrogen) atoms. The molecule has 0 aliphatic carbocycles. The van der Waals surface area contributed by atoms with E-state index in [1.807, 2.05) is 0 Å². The molecular formula is C19H25FN8O3. The van der Waals surface area contributed by atoms with E-state index in [1.54, 1.807) is 24.7 Å². The van der Waals surface area contributed by atoms with Gasteiger partial charge in [0, 0.05) is 20.2 Å². The molecule has 0 saturated carbocycles. The summed E-state index contributed by atoms with van der Waals surface area (Å²) < 4.78 is 26.6. The highest BCUT2D eigenvalue weighted by molar-refractivity contribution is 5.99. The van der Waals surface area contributed by atoms with Crippen molar-refractivity contribution in [3.05, 3.63) is 29.7 Å². The molecule has 3 aromatic rings. The summed E-state index contributed by atoms with van der Waals surface area (Å²) in [5.41, 5.74) is 12.3. The first-order chi connectivity index (χ1) is 14.7. The molecule has 0 fully saturated rings. The Balaban J connectivity index is 2.01. The van der Waals surface area contributed by atoms with Gasteiger partial charge in [-0.2, -0.15) is 0 Å². The lowest BCUT2D eigenvalue weighted by Crippen LogP contribution is -2.41. The summed E-state index contributed by atoms with van der Waals surface area (Å²) in [5.74, 6) is -1.24. The first-order valence-corrected chi connectivity index (χ1v) is 9.40. The number of fused-ring (bicyclic) bond motifs is 1. The molecule has 3 heterocycles. The number of nitrogens with zero attached hydrogens (tertiary/aromatic N) is 4. The SMILES string of the molecule is COC[C@@H](Nc1nc(Nc2cnc3c(c2)c(OC)nn3C)c(C(N)=O)cc1F)[C@H](C)N. The zero-order valence-corrected chi connectivity index (χ0v) is 17.6. The Morgan fingerprint density at radius 1 is 1.32 bits per heavy atom. The van der Waals surface area contributed by atoms with E-state index in [0.29, 0.717) is 22.6 Å². The van der Waals surface area contributed by atoms with Crippen LogP contribution in [0.5, 0.6) is 5.88 Å². The van der Waals surface area contributed by atoms with Crippen LogP contribution in [0.3, 0.4) is 0 Å². The third-order valence-electron chi connectivity index (χ3n) is 4.64. The number of amides is 1. The fraction of sp³-hybridized carbons (Fsp3) is 0.368. The van der Waals surface area contributed by atoms with E-state index in [0.717, 1.165) is 6.07 Å². The Kier molecular flexibility index (Phi) is 6.51. The van der Waals surface area contributed by atoms with Crippen molar-refractivity contribution in [2.24, 2.45) is 18.5 Å². The van der Waals surface area contributed by atoms with Gasteiger partial charge in [0.2, 0.25) is 5.88 Å². The van der Waals surface area contributed by atoms with E-state index in [1.165, 1.54) is 20.4 Å². The number of carbonyl (C=O) groups is 1. The molecule has 6 N–H and O–H groups in total. The van der Waals surface area contributed by atoms with E-state index in [9.17, 15) is 9.18 Å². The van der Waals surface area contributed by atoms with Gasteiger partial charge in [0.1, 0.15) is 5.82 Å². The molecule has 0 radical (unpaired) electrons. The molecule has 0 aliphatic heterocycles. The molecule has 0 saturated heterocycles. The average Bonchev–Trinajstić information content (AvgIpc) is 3.04. The number of methoxy groups -OCH3 is 2. The molecule has 0 bridgehead atoms. The minimum Gasteiger partial charge on any atom is -0.479 e. The molecule has 0 unspecified atom stereocenters. The van der Waals surface area contributed by atoms with Crippen LogP contribution < -0.4 is 26.8 Å². The van der Waals surface area contributed by atoms with Crippen molar-refractivity contribution in [3.8, 4) is 5.88 Å². The summed E-state index contributed by atoms with van der Waals surface area (Å²) in [6.07, 6.45) is 1.53. The normalized spacial score (nSPS) is 13.1. The van der Waals surface area contributed by atoms with Crippen molar-refractivity contribution < 1.29 is 18.7 Å². The van der Waals surface area contributed by atoms with Gasteiger partial charge in [0.05, 0.1) is 42.6 Å². The average molecular weight is 432 g/mol. The molecule has 0 spiro atoms. The number of nitrogens with one attached hydrogen (secondary N) is 2. The smallest absolute Gasteiger partial charge is 0.252 e. The fourth-order valence-corrected chi connectivity index (χ4v) is 3.02. The van der Waals surface area contributed by atoms with E-state index in [4.69, 9.17) is 20.9 Å². The first-order valence-electron chi connectivity index (χ1n) is 9.40. The topological polar surface area (TPSA) is 155 Å². The van der Waals surface area contributed by atoms with E-state index in [2.05, 4.69) is 25.7 Å². The highest BCUT2D eigenvalue weighted by Crippen LogP contribution is 2.28. The number of anilines is 3. The zero-order valence-electron chi connectivity index (χ0n) is 17.6. The van der Waals surface area contributed by atoms with Crippen molar-refractivity contribution >= 4 is 34.3 Å². The number of aromatic nitrogens is 4. The van der Waals surface area contributed by atoms with Crippen LogP contribution in [0.15, 0.2) is 18.3 Å². The predicted octanol–water partition coefficient (Wildman–Crippen LogP) is 1.13. The number of rotatable bonds is 9. The van der Waals surface area contributed by atoms with Crippen molar-refractivity contribution in [1.82, 2.24) is 19.7 Å². The summed E-state index contributed by atoms with van der Waals surface area (Å²) in [6.45, 7) is 1.99. The third-order valence-corrected chi connectivity index (χ3v) is 4.64. The van der Waals surface area contributed by atoms with Crippen LogP contribution in [-0.2, 0) is 11.8 Å². The van der Waals surface area contributed by atoms with Crippen molar-refractivity contribution in [3.63, 3.8) is 0 Å². The maximum absolute atomic E-state index is 14.6. The molecule has 0 aliphatic rings. The van der Waals surface area contributed by atoms with Gasteiger partial charge in [-0.05, 0) is 19.1 Å². The summed E-state index contributed by atoms with van der Waals surface area (Å²) in [6, 6.07) is 1.99. The Bertz CT molecular complexity index is 1100. The van der Waals surface area contributed by atoms with Crippen LogP contribution in [0, 0.1) is 5.82 Å². The Morgan fingerprint density at radius 2 is 2.06 bits per heavy atom. The zero-order chi connectivity index (χ0) is 22.7. The second kappa shape index (κ2) is 9.10. The lowest BCUT2D eigenvalue weighted by atomic mass is 10.1. The predicted molar refractivity (Wildman–Crippen MR) is 114 cm³/mol. The fourth-order valence-electron chi connectivity index (χ4n) is 3.02. The van der Waals surface area contributed by atoms with Crippen LogP contribution in [0.2, 0.25) is 0 Å². The summed E-state index contributed by atoms with van der Waals surface area (Å²) in [7, 11) is 4.76. The summed E-state index contributed by atoms with van der Waals surface area (Å²) in [4.78, 5) is 20.5. The number of ether oxygens (including phenoxy) is 2. The Labute approximate surface area is 177 Å². The van der Waals surface area contributed by atoms with Gasteiger partial charge < -0.3 is 31.6 Å². The maximum atomic E-state index is 14.6. The highest BCUT2D eigenvalue weighted by atomic mass is 19.1. The minimum atomic E-state index is -0.839. The number of hydrogen-bond acceptors (Lipinski definition) is 9. The van der Waals surface area contributed by atoms with E-state index >= 15 is 0 Å². The van der Waals surface area contributed by atoms with Gasteiger partial charge >= 0.3 is 0 Å². The van der Waals surface area contributed by atoms with Gasteiger partial charge in [-0.15, -0.1) is 5.10 Å². The molecule has 2 atom stereocenters. The number of halogens is 1. The van der Waals surface area contributed by atoms with Crippen molar-refractivity contribution in [2.45, 2.75) is 19.0 Å². The molecule has 0 aromatic carbocycles. The maximum Gasteiger partial charge on any atom is 0.252 e. The molecule has 3 rings (SSSR count). The second-order valence-corrected chi connectivity index (χ2v) is 7.00. The molecule has 11 nitrogen and oxygen atoms in total. The third kappa shape index (κ3) is 4.64. The van der Waals surface area contributed by atoms with Crippen molar-refractivity contribution in [1.29, 1.82) is 0 Å². The van der Waals surface area contributed by atoms with Gasteiger partial charge in [0.15, 0.2) is 17.3 Å².